The molecule has 1 amide bonds. The van der Waals surface area contributed by atoms with E-state index in [0.29, 0.717) is 55.9 Å². The van der Waals surface area contributed by atoms with E-state index < -0.39 is 5.97 Å². The Hall–Kier alpha value is -2.59. The van der Waals surface area contributed by atoms with Crippen molar-refractivity contribution < 1.29 is 23.5 Å². The SMILES string of the molecule is CCCCOC(=O)c1nc(N2CC[C@H](NC(=O)c3nc(Cl)c(CC)[nH]3)[C@H](OC)C2)oc1CCC. The van der Waals surface area contributed by atoms with Crippen LogP contribution < -0.4 is 10.2 Å². The second kappa shape index (κ2) is 12.2. The maximum atomic E-state index is 12.7. The summed E-state index contributed by atoms with van der Waals surface area (Å²) in [6.45, 7) is 7.36. The van der Waals surface area contributed by atoms with E-state index in [4.69, 9.17) is 25.5 Å². The quantitative estimate of drug-likeness (QED) is 0.358. The van der Waals surface area contributed by atoms with Crippen molar-refractivity contribution in [2.45, 2.75) is 71.4 Å². The summed E-state index contributed by atoms with van der Waals surface area (Å²) in [5, 5.41) is 3.30. The van der Waals surface area contributed by atoms with Crippen LogP contribution in [-0.2, 0) is 22.3 Å². The Kier molecular flexibility index (Phi) is 9.35. The van der Waals surface area contributed by atoms with Crippen molar-refractivity contribution in [3.05, 3.63) is 28.1 Å². The van der Waals surface area contributed by atoms with Gasteiger partial charge in [0.1, 0.15) is 5.76 Å². The molecule has 1 aliphatic rings. The highest BCUT2D eigenvalue weighted by Gasteiger charge is 2.34. The van der Waals surface area contributed by atoms with Gasteiger partial charge in [0.25, 0.3) is 11.9 Å². The number of hydrogen-bond donors (Lipinski definition) is 2. The summed E-state index contributed by atoms with van der Waals surface area (Å²) in [6, 6.07) is 0.134. The number of oxazole rings is 1. The number of H-pyrrole nitrogens is 1. The van der Waals surface area contributed by atoms with E-state index >= 15 is 0 Å². The molecule has 2 aromatic rings. The third-order valence-electron chi connectivity index (χ3n) is 5.83. The molecule has 0 radical (unpaired) electrons. The number of unbranched alkanes of at least 4 members (excludes halogenated alkanes) is 1. The first-order valence-corrected chi connectivity index (χ1v) is 12.3. The van der Waals surface area contributed by atoms with Crippen LogP contribution in [0.3, 0.4) is 0 Å². The van der Waals surface area contributed by atoms with Gasteiger partial charge in [0, 0.05) is 20.1 Å². The number of carbonyl (C=O) groups excluding carboxylic acids is 2. The first-order chi connectivity index (χ1) is 16.4. The van der Waals surface area contributed by atoms with Gasteiger partial charge in [-0.3, -0.25) is 4.79 Å². The summed E-state index contributed by atoms with van der Waals surface area (Å²) in [4.78, 5) is 38.7. The van der Waals surface area contributed by atoms with Crippen molar-refractivity contribution in [1.82, 2.24) is 20.3 Å². The fourth-order valence-electron chi connectivity index (χ4n) is 3.87. The third-order valence-corrected chi connectivity index (χ3v) is 6.15. The number of nitrogens with one attached hydrogen (secondary N) is 2. The largest absolute Gasteiger partial charge is 0.461 e. The summed E-state index contributed by atoms with van der Waals surface area (Å²) >= 11 is 6.07. The van der Waals surface area contributed by atoms with Gasteiger partial charge >= 0.3 is 5.97 Å². The molecule has 0 aliphatic carbocycles. The van der Waals surface area contributed by atoms with E-state index in [1.54, 1.807) is 7.11 Å². The van der Waals surface area contributed by atoms with Gasteiger partial charge < -0.3 is 29.1 Å². The van der Waals surface area contributed by atoms with Crippen LogP contribution in [0, 0.1) is 0 Å². The number of imidazole rings is 1. The molecule has 2 N–H and O–H groups in total. The molecule has 188 valence electrons. The number of methoxy groups -OCH3 is 1. The smallest absolute Gasteiger partial charge is 0.360 e. The molecule has 0 aromatic carbocycles. The molecule has 0 saturated carbocycles. The van der Waals surface area contributed by atoms with E-state index in [-0.39, 0.29) is 29.6 Å². The highest BCUT2D eigenvalue weighted by molar-refractivity contribution is 6.30. The molecule has 0 bridgehead atoms. The number of hydrogen-bond acceptors (Lipinski definition) is 8. The van der Waals surface area contributed by atoms with E-state index in [2.05, 4.69) is 20.3 Å². The van der Waals surface area contributed by atoms with Gasteiger partial charge in [-0.1, -0.05) is 38.8 Å². The number of aromatic amines is 1. The lowest BCUT2D eigenvalue weighted by atomic mass is 10.0. The average Bonchev–Trinajstić information content (AvgIpc) is 3.43. The van der Waals surface area contributed by atoms with Crippen molar-refractivity contribution in [3.63, 3.8) is 0 Å². The predicted molar refractivity (Wildman–Crippen MR) is 128 cm³/mol. The van der Waals surface area contributed by atoms with Gasteiger partial charge in [0.2, 0.25) is 0 Å². The van der Waals surface area contributed by atoms with Gasteiger partial charge in [-0.05, 0) is 25.7 Å². The van der Waals surface area contributed by atoms with Crippen molar-refractivity contribution in [3.8, 4) is 0 Å². The second-order valence-corrected chi connectivity index (χ2v) is 8.66. The summed E-state index contributed by atoms with van der Waals surface area (Å²) < 4.78 is 17.0. The zero-order valence-corrected chi connectivity index (χ0v) is 21.0. The lowest BCUT2D eigenvalue weighted by Gasteiger charge is -2.37. The molecule has 3 rings (SSSR count). The highest BCUT2D eigenvalue weighted by Crippen LogP contribution is 2.25. The van der Waals surface area contributed by atoms with E-state index in [0.717, 1.165) is 25.0 Å². The number of nitrogens with zero attached hydrogens (tertiary/aromatic N) is 3. The number of piperidine rings is 1. The molecule has 34 heavy (non-hydrogen) atoms. The van der Waals surface area contributed by atoms with Crippen LogP contribution in [0.4, 0.5) is 6.01 Å². The fourth-order valence-corrected chi connectivity index (χ4v) is 4.13. The topological polar surface area (TPSA) is 123 Å². The van der Waals surface area contributed by atoms with E-state index in [1.165, 1.54) is 0 Å². The van der Waals surface area contributed by atoms with E-state index in [9.17, 15) is 9.59 Å². The maximum Gasteiger partial charge on any atom is 0.360 e. The number of aromatic nitrogens is 3. The minimum Gasteiger partial charge on any atom is -0.461 e. The van der Waals surface area contributed by atoms with Crippen molar-refractivity contribution >= 4 is 29.5 Å². The maximum absolute atomic E-state index is 12.7. The van der Waals surface area contributed by atoms with Crippen LogP contribution in [0.25, 0.3) is 0 Å². The predicted octanol–water partition coefficient (Wildman–Crippen LogP) is 3.55. The molecule has 1 saturated heterocycles. The molecule has 10 nitrogen and oxygen atoms in total. The number of anilines is 1. The van der Waals surface area contributed by atoms with Crippen LogP contribution in [0.2, 0.25) is 5.15 Å². The van der Waals surface area contributed by atoms with Gasteiger partial charge in [0.15, 0.2) is 16.7 Å². The fraction of sp³-hybridized carbons (Fsp3) is 0.652. The molecule has 2 aromatic heterocycles. The number of carbonyl (C=O) groups is 2. The number of aryl methyl sites for hydroxylation is 2. The Morgan fingerprint density at radius 2 is 2.06 bits per heavy atom. The Morgan fingerprint density at radius 1 is 1.26 bits per heavy atom. The van der Waals surface area contributed by atoms with Gasteiger partial charge in [0.05, 0.1) is 31.0 Å². The highest BCUT2D eigenvalue weighted by atomic mass is 35.5. The summed E-state index contributed by atoms with van der Waals surface area (Å²) in [6.07, 6.45) is 4.10. The van der Waals surface area contributed by atoms with Gasteiger partial charge in [-0.2, -0.15) is 4.98 Å². The Bertz CT molecular complexity index is 975. The van der Waals surface area contributed by atoms with Crippen LogP contribution in [-0.4, -0.2) is 65.8 Å². The molecular weight excluding hydrogens is 462 g/mol. The number of rotatable bonds is 11. The normalized spacial score (nSPS) is 18.2. The molecule has 0 unspecified atom stereocenters. The second-order valence-electron chi connectivity index (χ2n) is 8.30. The van der Waals surface area contributed by atoms with Crippen LogP contribution >= 0.6 is 11.6 Å². The summed E-state index contributed by atoms with van der Waals surface area (Å²) in [5.41, 5.74) is 0.958. The average molecular weight is 496 g/mol. The van der Waals surface area contributed by atoms with E-state index in [1.807, 2.05) is 25.7 Å². The molecule has 0 spiro atoms. The standard InChI is InChI=1S/C23H34ClN5O5/c1-5-8-12-33-22(31)18-16(9-6-2)34-23(27-18)29-11-10-15(17(13-29)32-4)26-21(30)20-25-14(7-3)19(24)28-20/h15,17H,5-13H2,1-4H3,(H,25,28)(H,26,30)/t15-,17+/m0/s1. The number of esters is 1. The minimum atomic E-state index is -0.458. The molecule has 11 heteroatoms. The molecule has 3 heterocycles. The number of halogens is 1. The van der Waals surface area contributed by atoms with Crippen LogP contribution in [0.5, 0.6) is 0 Å². The van der Waals surface area contributed by atoms with Gasteiger partial charge in [-0.15, -0.1) is 0 Å². The molecule has 1 aliphatic heterocycles. The first kappa shape index (κ1) is 26.0. The molecule has 2 atom stereocenters. The van der Waals surface area contributed by atoms with Crippen molar-refractivity contribution in [1.29, 1.82) is 0 Å². The Labute approximate surface area is 204 Å². The van der Waals surface area contributed by atoms with Gasteiger partial charge in [-0.25, -0.2) is 9.78 Å². The lowest BCUT2D eigenvalue weighted by molar-refractivity contribution is 0.0490. The zero-order valence-electron chi connectivity index (χ0n) is 20.3. The lowest BCUT2D eigenvalue weighted by Crippen LogP contribution is -2.55. The molecule has 1 fully saturated rings. The number of ether oxygens (including phenoxy) is 2. The summed E-state index contributed by atoms with van der Waals surface area (Å²) in [5.74, 6) is -0.0754. The minimum absolute atomic E-state index is 0.183. The van der Waals surface area contributed by atoms with Crippen molar-refractivity contribution in [2.75, 3.05) is 31.7 Å². The van der Waals surface area contributed by atoms with Crippen LogP contribution in [0.15, 0.2) is 4.42 Å². The number of amides is 1. The Balaban J connectivity index is 1.68. The van der Waals surface area contributed by atoms with Crippen molar-refractivity contribution in [2.24, 2.45) is 0 Å². The van der Waals surface area contributed by atoms with Crippen LogP contribution in [0.1, 0.15) is 79.0 Å². The summed E-state index contributed by atoms with van der Waals surface area (Å²) in [7, 11) is 1.60. The monoisotopic (exact) mass is 495 g/mol. The third kappa shape index (κ3) is 6.09. The zero-order chi connectivity index (χ0) is 24.7. The Morgan fingerprint density at radius 3 is 2.71 bits per heavy atom. The molecular formula is C23H34ClN5O5. The first-order valence-electron chi connectivity index (χ1n) is 11.9.